The molecule has 2 heterocycles. The number of benzene rings is 4. The minimum Gasteiger partial charge on any atom is -0.508 e. The van der Waals surface area contributed by atoms with Gasteiger partial charge in [-0.15, -0.1) is 0 Å². The summed E-state index contributed by atoms with van der Waals surface area (Å²) in [5.41, 5.74) is 7.15. The van der Waals surface area contributed by atoms with E-state index in [1.807, 2.05) is 18.3 Å². The van der Waals surface area contributed by atoms with Gasteiger partial charge < -0.3 is 49.8 Å². The largest absolute Gasteiger partial charge is 0.508 e. The molecule has 1 aliphatic heterocycles. The lowest BCUT2D eigenvalue weighted by molar-refractivity contribution is 0.0195. The van der Waals surface area contributed by atoms with Crippen molar-refractivity contribution in [1.29, 1.82) is 0 Å². The van der Waals surface area contributed by atoms with E-state index >= 15 is 0 Å². The maximum absolute atomic E-state index is 11.5. The molecule has 0 unspecified atom stereocenters. The predicted molar refractivity (Wildman–Crippen MR) is 174 cm³/mol. The number of hydrogen-bond donors (Lipinski definition) is 7. The summed E-state index contributed by atoms with van der Waals surface area (Å²) in [6, 6.07) is 20.1. The van der Waals surface area contributed by atoms with E-state index in [4.69, 9.17) is 14.2 Å². The zero-order valence-corrected chi connectivity index (χ0v) is 25.6. The van der Waals surface area contributed by atoms with Crippen molar-refractivity contribution in [3.05, 3.63) is 101 Å². The number of aliphatic hydroxyl groups excluding tert-OH is 4. The summed E-state index contributed by atoms with van der Waals surface area (Å²) in [5, 5.41) is 62.5. The average molecular weight is 640 g/mol. The van der Waals surface area contributed by atoms with Crippen LogP contribution in [0.4, 0.5) is 0 Å². The van der Waals surface area contributed by atoms with Crippen molar-refractivity contribution >= 4 is 10.9 Å². The van der Waals surface area contributed by atoms with Crippen LogP contribution in [0.3, 0.4) is 0 Å². The van der Waals surface area contributed by atoms with Crippen LogP contribution in [0.1, 0.15) is 39.8 Å². The smallest absolute Gasteiger partial charge is 0.161 e. The number of rotatable bonds is 10. The Bertz CT molecular complexity index is 1910. The van der Waals surface area contributed by atoms with Gasteiger partial charge in [-0.3, -0.25) is 0 Å². The molecule has 1 aliphatic carbocycles. The molecule has 244 valence electrons. The Labute approximate surface area is 271 Å². The first kappa shape index (κ1) is 30.9. The molecule has 0 spiro atoms. The lowest BCUT2D eigenvalue weighted by Gasteiger charge is -2.37. The molecule has 4 aromatic carbocycles. The van der Waals surface area contributed by atoms with Crippen LogP contribution in [0.25, 0.3) is 22.0 Å². The van der Waals surface area contributed by atoms with Crippen LogP contribution in [0.5, 0.6) is 28.7 Å². The third-order valence-corrected chi connectivity index (χ3v) is 9.15. The standard InChI is InChI=1S/C37H37NO9/c39-9-10-45-34-14-22(2-6-31(34)43)37-32(44)16-28-29-13-23(12-20-1-5-30-21(11-20)7-8-38-30)27-15-24(42)3-4-26(27)36(29)35(17-33(28)47-37)46-25(18-40)19-41/h1-8,11,14-15,17,23,25,32,37-44H,9-10,12-13,16,18-19H2/t23-,32-,37-/m1/s1. The zero-order valence-electron chi connectivity index (χ0n) is 25.6. The topological polar surface area (TPSA) is 165 Å². The number of aromatic hydroxyl groups is 2. The van der Waals surface area contributed by atoms with Gasteiger partial charge >= 0.3 is 0 Å². The summed E-state index contributed by atoms with van der Waals surface area (Å²) in [6.07, 6.45) is 0.840. The first-order valence-corrected chi connectivity index (χ1v) is 15.7. The Morgan fingerprint density at radius 1 is 0.872 bits per heavy atom. The predicted octanol–water partition coefficient (Wildman–Crippen LogP) is 4.27. The van der Waals surface area contributed by atoms with Gasteiger partial charge in [-0.25, -0.2) is 0 Å². The SMILES string of the molecule is OCCOc1cc([C@H]2Oc3cc(OC(CO)CO)c4c(c3C[C@H]2O)C[C@@H](Cc2ccc3[nH]ccc3c2)c2cc(O)ccc2-4)ccc1O. The van der Waals surface area contributed by atoms with Crippen molar-refractivity contribution < 1.29 is 44.8 Å². The fourth-order valence-electron chi connectivity index (χ4n) is 6.95. The Morgan fingerprint density at radius 3 is 2.53 bits per heavy atom. The molecule has 0 radical (unpaired) electrons. The monoisotopic (exact) mass is 639 g/mol. The number of nitrogens with one attached hydrogen (secondary N) is 1. The molecule has 0 saturated carbocycles. The fraction of sp³-hybridized carbons (Fsp3) is 0.297. The zero-order chi connectivity index (χ0) is 32.7. The highest BCUT2D eigenvalue weighted by atomic mass is 16.5. The van der Waals surface area contributed by atoms with Crippen LogP contribution in [0.15, 0.2) is 72.9 Å². The van der Waals surface area contributed by atoms with E-state index in [0.29, 0.717) is 29.9 Å². The van der Waals surface area contributed by atoms with Crippen LogP contribution in [0.2, 0.25) is 0 Å². The molecule has 47 heavy (non-hydrogen) atoms. The van der Waals surface area contributed by atoms with Gasteiger partial charge in [0.25, 0.3) is 0 Å². The molecule has 2 aliphatic rings. The van der Waals surface area contributed by atoms with Gasteiger partial charge in [-0.05, 0) is 94.4 Å². The molecule has 10 heteroatoms. The second-order valence-corrected chi connectivity index (χ2v) is 12.2. The van der Waals surface area contributed by atoms with Gasteiger partial charge in [0.1, 0.15) is 36.1 Å². The lowest BCUT2D eigenvalue weighted by Crippen LogP contribution is -2.32. The molecule has 5 aromatic rings. The number of aromatic nitrogens is 1. The van der Waals surface area contributed by atoms with E-state index in [9.17, 15) is 30.6 Å². The van der Waals surface area contributed by atoms with Crippen molar-refractivity contribution in [3.63, 3.8) is 0 Å². The lowest BCUT2D eigenvalue weighted by atomic mass is 9.73. The molecule has 0 saturated heterocycles. The fourth-order valence-corrected chi connectivity index (χ4v) is 6.95. The van der Waals surface area contributed by atoms with E-state index in [1.54, 1.807) is 30.3 Å². The van der Waals surface area contributed by atoms with Gasteiger partial charge in [0.05, 0.1) is 25.9 Å². The van der Waals surface area contributed by atoms with Gasteiger partial charge in [0.2, 0.25) is 0 Å². The Hall–Kier alpha value is -4.74. The molecule has 3 atom stereocenters. The maximum atomic E-state index is 11.5. The minimum atomic E-state index is -0.938. The third-order valence-electron chi connectivity index (χ3n) is 9.15. The summed E-state index contributed by atoms with van der Waals surface area (Å²) >= 11 is 0. The number of aliphatic hydroxyl groups is 4. The number of fused-ring (bicyclic) bond motifs is 6. The first-order valence-electron chi connectivity index (χ1n) is 15.7. The number of ether oxygens (including phenoxy) is 3. The van der Waals surface area contributed by atoms with Crippen LogP contribution < -0.4 is 14.2 Å². The van der Waals surface area contributed by atoms with Crippen molar-refractivity contribution in [2.45, 2.75) is 43.5 Å². The molecule has 0 amide bonds. The van der Waals surface area contributed by atoms with Crippen molar-refractivity contribution in [2.75, 3.05) is 26.4 Å². The minimum absolute atomic E-state index is 0.00287. The van der Waals surface area contributed by atoms with Crippen LogP contribution in [-0.2, 0) is 19.3 Å². The summed E-state index contributed by atoms with van der Waals surface area (Å²) in [4.78, 5) is 3.24. The number of aromatic amines is 1. The molecule has 1 aromatic heterocycles. The van der Waals surface area contributed by atoms with Crippen molar-refractivity contribution in [2.24, 2.45) is 0 Å². The number of phenolic OH excluding ortho intramolecular Hbond substituents is 2. The van der Waals surface area contributed by atoms with Crippen LogP contribution >= 0.6 is 0 Å². The summed E-state index contributed by atoms with van der Waals surface area (Å²) < 4.78 is 18.2. The van der Waals surface area contributed by atoms with E-state index < -0.39 is 31.5 Å². The molecule has 7 N–H and O–H groups in total. The van der Waals surface area contributed by atoms with E-state index in [-0.39, 0.29) is 42.8 Å². The second-order valence-electron chi connectivity index (χ2n) is 12.2. The van der Waals surface area contributed by atoms with E-state index in [0.717, 1.165) is 44.3 Å². The highest BCUT2D eigenvalue weighted by molar-refractivity contribution is 5.83. The molecule has 7 rings (SSSR count). The highest BCUT2D eigenvalue weighted by Crippen LogP contribution is 2.52. The molecular weight excluding hydrogens is 602 g/mol. The van der Waals surface area contributed by atoms with Crippen molar-refractivity contribution in [3.8, 4) is 39.9 Å². The van der Waals surface area contributed by atoms with Crippen LogP contribution in [-0.4, -0.2) is 74.3 Å². The molecule has 0 fully saturated rings. The van der Waals surface area contributed by atoms with E-state index in [2.05, 4.69) is 23.2 Å². The number of H-pyrrole nitrogens is 1. The van der Waals surface area contributed by atoms with Gasteiger partial charge in [-0.1, -0.05) is 18.2 Å². The quantitative estimate of drug-likeness (QED) is 0.118. The Balaban J connectivity index is 1.33. The van der Waals surface area contributed by atoms with Gasteiger partial charge in [0, 0.05) is 35.3 Å². The first-order chi connectivity index (χ1) is 22.9. The molecule has 10 nitrogen and oxygen atoms in total. The summed E-state index contributed by atoms with van der Waals surface area (Å²) in [7, 11) is 0. The summed E-state index contributed by atoms with van der Waals surface area (Å²) in [6.45, 7) is -1.03. The van der Waals surface area contributed by atoms with E-state index in [1.165, 1.54) is 6.07 Å². The number of phenols is 2. The van der Waals surface area contributed by atoms with Gasteiger partial charge in [0.15, 0.2) is 11.5 Å². The summed E-state index contributed by atoms with van der Waals surface area (Å²) in [5.74, 6) is 1.12. The Kier molecular flexibility index (Phi) is 8.42. The molecular formula is C37H37NO9. The average Bonchev–Trinajstić information content (AvgIpc) is 3.55. The third kappa shape index (κ3) is 5.85. The number of hydrogen-bond acceptors (Lipinski definition) is 9. The maximum Gasteiger partial charge on any atom is 0.161 e. The highest BCUT2D eigenvalue weighted by Gasteiger charge is 2.38. The van der Waals surface area contributed by atoms with Crippen molar-refractivity contribution in [1.82, 2.24) is 4.98 Å². The second kappa shape index (κ2) is 12.8. The Morgan fingerprint density at radius 2 is 1.72 bits per heavy atom. The van der Waals surface area contributed by atoms with Gasteiger partial charge in [-0.2, -0.15) is 0 Å². The normalized spacial score (nSPS) is 18.4. The molecule has 0 bridgehead atoms. The van der Waals surface area contributed by atoms with Crippen LogP contribution in [0, 0.1) is 0 Å².